The number of ether oxygens (including phenoxy) is 1. The molecule has 1 amide bonds. The number of nitrogens with zero attached hydrogens (tertiary/aromatic N) is 1. The second-order valence-electron chi connectivity index (χ2n) is 5.22. The van der Waals surface area contributed by atoms with Crippen LogP contribution in [-0.4, -0.2) is 62.3 Å². The SMILES string of the molecule is CCNC(=O)C1CNCCN1C(C)C1CCOC1. The summed E-state index contributed by atoms with van der Waals surface area (Å²) in [4.78, 5) is 14.5. The topological polar surface area (TPSA) is 53.6 Å². The van der Waals surface area contributed by atoms with Crippen LogP contribution in [-0.2, 0) is 9.53 Å². The highest BCUT2D eigenvalue weighted by Gasteiger charge is 2.35. The van der Waals surface area contributed by atoms with Crippen molar-refractivity contribution in [3.05, 3.63) is 0 Å². The fraction of sp³-hybridized carbons (Fsp3) is 0.923. The number of amides is 1. The minimum Gasteiger partial charge on any atom is -0.381 e. The number of likely N-dealkylation sites (N-methyl/N-ethyl adjacent to an activating group) is 1. The fourth-order valence-corrected chi connectivity index (χ4v) is 2.95. The maximum absolute atomic E-state index is 12.1. The lowest BCUT2D eigenvalue weighted by atomic mass is 9.96. The molecular formula is C13H25N3O2. The van der Waals surface area contributed by atoms with Crippen molar-refractivity contribution in [3.8, 4) is 0 Å². The van der Waals surface area contributed by atoms with Gasteiger partial charge in [0.2, 0.25) is 5.91 Å². The molecule has 2 saturated heterocycles. The van der Waals surface area contributed by atoms with Gasteiger partial charge in [-0.2, -0.15) is 0 Å². The molecule has 0 saturated carbocycles. The van der Waals surface area contributed by atoms with Gasteiger partial charge in [-0.15, -0.1) is 0 Å². The molecule has 2 heterocycles. The minimum absolute atomic E-state index is 0.0331. The van der Waals surface area contributed by atoms with Gasteiger partial charge in [0.15, 0.2) is 0 Å². The molecule has 2 fully saturated rings. The molecule has 18 heavy (non-hydrogen) atoms. The summed E-state index contributed by atoms with van der Waals surface area (Å²) in [7, 11) is 0. The average Bonchev–Trinajstić information content (AvgIpc) is 2.92. The maximum atomic E-state index is 12.1. The first-order chi connectivity index (χ1) is 8.74. The third-order valence-corrected chi connectivity index (χ3v) is 4.11. The van der Waals surface area contributed by atoms with E-state index in [1.165, 1.54) is 0 Å². The normalized spacial score (nSPS) is 31.2. The van der Waals surface area contributed by atoms with E-state index in [9.17, 15) is 4.79 Å². The van der Waals surface area contributed by atoms with Crippen LogP contribution >= 0.6 is 0 Å². The lowest BCUT2D eigenvalue weighted by molar-refractivity contribution is -0.128. The van der Waals surface area contributed by atoms with Crippen molar-refractivity contribution in [1.82, 2.24) is 15.5 Å². The van der Waals surface area contributed by atoms with E-state index >= 15 is 0 Å². The van der Waals surface area contributed by atoms with Gasteiger partial charge in [0.25, 0.3) is 0 Å². The molecule has 104 valence electrons. The Morgan fingerprint density at radius 2 is 2.44 bits per heavy atom. The first-order valence-corrected chi connectivity index (χ1v) is 7.06. The van der Waals surface area contributed by atoms with E-state index in [0.717, 1.165) is 39.3 Å². The van der Waals surface area contributed by atoms with Gasteiger partial charge in [0.05, 0.1) is 6.61 Å². The van der Waals surface area contributed by atoms with Gasteiger partial charge in [-0.1, -0.05) is 0 Å². The van der Waals surface area contributed by atoms with Crippen LogP contribution in [0.15, 0.2) is 0 Å². The monoisotopic (exact) mass is 255 g/mol. The van der Waals surface area contributed by atoms with Crippen molar-refractivity contribution < 1.29 is 9.53 Å². The highest BCUT2D eigenvalue weighted by atomic mass is 16.5. The molecule has 2 aliphatic rings. The minimum atomic E-state index is -0.0331. The molecule has 3 atom stereocenters. The second-order valence-corrected chi connectivity index (χ2v) is 5.22. The van der Waals surface area contributed by atoms with E-state index in [4.69, 9.17) is 4.74 Å². The highest BCUT2D eigenvalue weighted by molar-refractivity contribution is 5.82. The van der Waals surface area contributed by atoms with Crippen LogP contribution in [0.5, 0.6) is 0 Å². The van der Waals surface area contributed by atoms with E-state index in [2.05, 4.69) is 22.5 Å². The van der Waals surface area contributed by atoms with Gasteiger partial charge in [-0.3, -0.25) is 9.69 Å². The van der Waals surface area contributed by atoms with E-state index in [1.54, 1.807) is 0 Å². The fourth-order valence-electron chi connectivity index (χ4n) is 2.95. The van der Waals surface area contributed by atoms with Crippen molar-refractivity contribution in [2.75, 3.05) is 39.4 Å². The van der Waals surface area contributed by atoms with Crippen LogP contribution in [0.3, 0.4) is 0 Å². The zero-order chi connectivity index (χ0) is 13.0. The summed E-state index contributed by atoms with van der Waals surface area (Å²) in [5.74, 6) is 0.718. The predicted molar refractivity (Wildman–Crippen MR) is 70.4 cm³/mol. The van der Waals surface area contributed by atoms with Crippen molar-refractivity contribution >= 4 is 5.91 Å². The smallest absolute Gasteiger partial charge is 0.238 e. The van der Waals surface area contributed by atoms with E-state index in [-0.39, 0.29) is 11.9 Å². The molecule has 0 bridgehead atoms. The molecule has 5 heteroatoms. The Bertz CT molecular complexity index is 279. The Hall–Kier alpha value is -0.650. The molecule has 0 aromatic carbocycles. The predicted octanol–water partition coefficient (Wildman–Crippen LogP) is -0.179. The first kappa shape index (κ1) is 13.8. The van der Waals surface area contributed by atoms with Gasteiger partial charge in [-0.25, -0.2) is 0 Å². The number of carbonyl (C=O) groups is 1. The van der Waals surface area contributed by atoms with Crippen LogP contribution < -0.4 is 10.6 Å². The molecule has 2 N–H and O–H groups in total. The second kappa shape index (κ2) is 6.50. The summed E-state index contributed by atoms with van der Waals surface area (Å²) >= 11 is 0. The summed E-state index contributed by atoms with van der Waals surface area (Å²) in [6.45, 7) is 9.27. The third-order valence-electron chi connectivity index (χ3n) is 4.11. The van der Waals surface area contributed by atoms with Crippen LogP contribution in [0.25, 0.3) is 0 Å². The zero-order valence-electron chi connectivity index (χ0n) is 11.4. The molecule has 2 rings (SSSR count). The van der Waals surface area contributed by atoms with Crippen molar-refractivity contribution in [2.24, 2.45) is 5.92 Å². The Labute approximate surface area is 109 Å². The van der Waals surface area contributed by atoms with E-state index in [0.29, 0.717) is 18.5 Å². The Morgan fingerprint density at radius 1 is 1.61 bits per heavy atom. The standard InChI is InChI=1S/C13H25N3O2/c1-3-15-13(17)12-8-14-5-6-16(12)10(2)11-4-7-18-9-11/h10-12,14H,3-9H2,1-2H3,(H,15,17). The van der Waals surface area contributed by atoms with Crippen LogP contribution in [0.2, 0.25) is 0 Å². The number of hydrogen-bond donors (Lipinski definition) is 2. The molecule has 2 aliphatic heterocycles. The van der Waals surface area contributed by atoms with Crippen molar-refractivity contribution in [3.63, 3.8) is 0 Å². The van der Waals surface area contributed by atoms with E-state index < -0.39 is 0 Å². The number of nitrogens with one attached hydrogen (secondary N) is 2. The van der Waals surface area contributed by atoms with Crippen LogP contribution in [0.1, 0.15) is 20.3 Å². The first-order valence-electron chi connectivity index (χ1n) is 7.06. The van der Waals surface area contributed by atoms with E-state index in [1.807, 2.05) is 6.92 Å². The number of piperazine rings is 1. The van der Waals surface area contributed by atoms with Gasteiger partial charge in [-0.05, 0) is 26.2 Å². The Morgan fingerprint density at radius 3 is 3.11 bits per heavy atom. The largest absolute Gasteiger partial charge is 0.381 e. The molecule has 0 radical (unpaired) electrons. The van der Waals surface area contributed by atoms with Gasteiger partial charge < -0.3 is 15.4 Å². The van der Waals surface area contributed by atoms with Gasteiger partial charge >= 0.3 is 0 Å². The maximum Gasteiger partial charge on any atom is 0.238 e. The summed E-state index contributed by atoms with van der Waals surface area (Å²) in [6, 6.07) is 0.386. The Balaban J connectivity index is 1.99. The van der Waals surface area contributed by atoms with Crippen LogP contribution in [0, 0.1) is 5.92 Å². The molecule has 0 aromatic rings. The van der Waals surface area contributed by atoms with Crippen LogP contribution in [0.4, 0.5) is 0 Å². The van der Waals surface area contributed by atoms with Crippen molar-refractivity contribution in [2.45, 2.75) is 32.4 Å². The molecule has 0 aliphatic carbocycles. The molecule has 5 nitrogen and oxygen atoms in total. The number of rotatable bonds is 4. The quantitative estimate of drug-likeness (QED) is 0.732. The summed E-state index contributed by atoms with van der Waals surface area (Å²) < 4.78 is 5.47. The van der Waals surface area contributed by atoms with Gasteiger partial charge in [0, 0.05) is 38.8 Å². The molecular weight excluding hydrogens is 230 g/mol. The number of carbonyl (C=O) groups excluding carboxylic acids is 1. The highest BCUT2D eigenvalue weighted by Crippen LogP contribution is 2.23. The summed E-state index contributed by atoms with van der Waals surface area (Å²) in [6.07, 6.45) is 1.12. The molecule has 0 aromatic heterocycles. The molecule has 3 unspecified atom stereocenters. The third kappa shape index (κ3) is 3.02. The zero-order valence-corrected chi connectivity index (χ0v) is 11.4. The van der Waals surface area contributed by atoms with Gasteiger partial charge in [0.1, 0.15) is 6.04 Å². The summed E-state index contributed by atoms with van der Waals surface area (Å²) in [5.41, 5.74) is 0. The number of hydrogen-bond acceptors (Lipinski definition) is 4. The lowest BCUT2D eigenvalue weighted by Gasteiger charge is -2.41. The van der Waals surface area contributed by atoms with Crippen molar-refractivity contribution in [1.29, 1.82) is 0 Å². The molecule has 0 spiro atoms. The Kier molecular flexibility index (Phi) is 4.97. The summed E-state index contributed by atoms with van der Waals surface area (Å²) in [5, 5.41) is 6.25. The lowest BCUT2D eigenvalue weighted by Crippen LogP contribution is -2.61. The average molecular weight is 255 g/mol.